The van der Waals surface area contributed by atoms with Gasteiger partial charge in [0, 0.05) is 6.20 Å². The molecule has 0 saturated heterocycles. The minimum absolute atomic E-state index is 0.0117. The molecule has 1 N–H and O–H groups in total. The molecule has 1 aromatic heterocycles. The minimum Gasteiger partial charge on any atom is -0.478 e. The second-order valence-corrected chi connectivity index (χ2v) is 6.47. The van der Waals surface area contributed by atoms with Crippen molar-refractivity contribution in [3.63, 3.8) is 0 Å². The van der Waals surface area contributed by atoms with Crippen LogP contribution in [0.25, 0.3) is 0 Å². The molecular formula is C14H13NO5S. The predicted molar refractivity (Wildman–Crippen MR) is 75.4 cm³/mol. The van der Waals surface area contributed by atoms with E-state index in [0.29, 0.717) is 5.75 Å². The number of rotatable bonds is 5. The first kappa shape index (κ1) is 15.0. The lowest BCUT2D eigenvalue weighted by atomic mass is 10.3. The van der Waals surface area contributed by atoms with Crippen molar-refractivity contribution in [1.29, 1.82) is 0 Å². The van der Waals surface area contributed by atoms with Gasteiger partial charge in [-0.1, -0.05) is 6.92 Å². The average molecular weight is 307 g/mol. The molecule has 6 nitrogen and oxygen atoms in total. The van der Waals surface area contributed by atoms with E-state index in [4.69, 9.17) is 9.84 Å². The Bertz CT molecular complexity index is 753. The third-order valence-corrected chi connectivity index (χ3v) is 4.51. The molecule has 0 unspecified atom stereocenters. The van der Waals surface area contributed by atoms with Crippen molar-refractivity contribution in [2.45, 2.75) is 11.8 Å². The van der Waals surface area contributed by atoms with Gasteiger partial charge in [-0.15, -0.1) is 0 Å². The third kappa shape index (κ3) is 3.57. The van der Waals surface area contributed by atoms with Crippen molar-refractivity contribution in [3.8, 4) is 11.5 Å². The lowest BCUT2D eigenvalue weighted by Gasteiger charge is -2.07. The maximum absolute atomic E-state index is 11.7. The summed E-state index contributed by atoms with van der Waals surface area (Å²) in [5.74, 6) is -0.412. The van der Waals surface area contributed by atoms with E-state index in [0.717, 1.165) is 0 Å². The highest BCUT2D eigenvalue weighted by atomic mass is 32.2. The van der Waals surface area contributed by atoms with Crippen LogP contribution in [0.4, 0.5) is 0 Å². The fraction of sp³-hybridized carbons (Fsp3) is 0.143. The molecule has 0 aliphatic heterocycles. The summed E-state index contributed by atoms with van der Waals surface area (Å²) in [7, 11) is -3.25. The number of hydrogen-bond acceptors (Lipinski definition) is 5. The molecule has 0 spiro atoms. The number of carboxylic acid groups (broad SMARTS) is 1. The Balaban J connectivity index is 2.21. The predicted octanol–water partition coefficient (Wildman–Crippen LogP) is 2.37. The van der Waals surface area contributed by atoms with Gasteiger partial charge in [-0.25, -0.2) is 13.2 Å². The second-order valence-electron chi connectivity index (χ2n) is 4.19. The first-order chi connectivity index (χ1) is 9.92. The van der Waals surface area contributed by atoms with Gasteiger partial charge in [-0.2, -0.15) is 0 Å². The summed E-state index contributed by atoms with van der Waals surface area (Å²) >= 11 is 0. The number of aromatic carboxylic acids is 1. The number of aromatic nitrogens is 1. The van der Waals surface area contributed by atoms with Crippen LogP contribution in [-0.4, -0.2) is 30.2 Å². The Morgan fingerprint density at radius 1 is 1.19 bits per heavy atom. The molecule has 0 amide bonds. The van der Waals surface area contributed by atoms with Crippen molar-refractivity contribution >= 4 is 15.8 Å². The van der Waals surface area contributed by atoms with Crippen LogP contribution >= 0.6 is 0 Å². The monoisotopic (exact) mass is 307 g/mol. The summed E-state index contributed by atoms with van der Waals surface area (Å²) in [6.45, 7) is 1.57. The highest BCUT2D eigenvalue weighted by Gasteiger charge is 2.11. The van der Waals surface area contributed by atoms with Crippen LogP contribution in [0.2, 0.25) is 0 Å². The fourth-order valence-electron chi connectivity index (χ4n) is 1.61. The zero-order valence-corrected chi connectivity index (χ0v) is 12.0. The minimum atomic E-state index is -3.25. The lowest BCUT2D eigenvalue weighted by Crippen LogP contribution is -2.03. The normalized spacial score (nSPS) is 11.1. The molecule has 2 rings (SSSR count). The van der Waals surface area contributed by atoms with E-state index >= 15 is 0 Å². The Labute approximate surface area is 121 Å². The van der Waals surface area contributed by atoms with Crippen LogP contribution in [0.1, 0.15) is 17.3 Å². The quantitative estimate of drug-likeness (QED) is 0.911. The number of pyridine rings is 1. The van der Waals surface area contributed by atoms with Gasteiger partial charge in [0.25, 0.3) is 0 Å². The van der Waals surface area contributed by atoms with E-state index in [1.807, 2.05) is 0 Å². The zero-order chi connectivity index (χ0) is 15.5. The highest BCUT2D eigenvalue weighted by molar-refractivity contribution is 7.91. The van der Waals surface area contributed by atoms with Crippen LogP contribution in [0.15, 0.2) is 47.6 Å². The molecule has 7 heteroatoms. The molecule has 0 atom stereocenters. The maximum Gasteiger partial charge on any atom is 0.337 e. The number of sulfone groups is 1. The summed E-state index contributed by atoms with van der Waals surface area (Å²) in [6.07, 6.45) is 2.59. The van der Waals surface area contributed by atoms with Crippen molar-refractivity contribution in [1.82, 2.24) is 4.98 Å². The van der Waals surface area contributed by atoms with Gasteiger partial charge >= 0.3 is 5.97 Å². The van der Waals surface area contributed by atoms with Gasteiger partial charge < -0.3 is 9.84 Å². The fourth-order valence-corrected chi connectivity index (χ4v) is 2.49. The average Bonchev–Trinajstić information content (AvgIpc) is 2.48. The Morgan fingerprint density at radius 3 is 2.43 bits per heavy atom. The second kappa shape index (κ2) is 5.92. The van der Waals surface area contributed by atoms with E-state index in [2.05, 4.69) is 4.98 Å². The molecular weight excluding hydrogens is 294 g/mol. The molecule has 21 heavy (non-hydrogen) atoms. The van der Waals surface area contributed by atoms with Gasteiger partial charge in [0.1, 0.15) is 11.5 Å². The largest absolute Gasteiger partial charge is 0.478 e. The summed E-state index contributed by atoms with van der Waals surface area (Å²) in [6, 6.07) is 7.25. The van der Waals surface area contributed by atoms with Gasteiger partial charge in [0.2, 0.25) is 0 Å². The van der Waals surface area contributed by atoms with Crippen molar-refractivity contribution < 1.29 is 23.1 Å². The van der Waals surface area contributed by atoms with Crippen molar-refractivity contribution in [2.75, 3.05) is 5.75 Å². The van der Waals surface area contributed by atoms with Crippen molar-refractivity contribution in [2.24, 2.45) is 0 Å². The van der Waals surface area contributed by atoms with E-state index < -0.39 is 15.8 Å². The number of carbonyl (C=O) groups is 1. The SMILES string of the molecule is CCS(=O)(=O)c1ccc(Oc2cncc(C(=O)O)c2)cc1. The van der Waals surface area contributed by atoms with Crippen LogP contribution in [-0.2, 0) is 9.84 Å². The van der Waals surface area contributed by atoms with E-state index in [1.54, 1.807) is 6.92 Å². The van der Waals surface area contributed by atoms with Crippen LogP contribution in [0.5, 0.6) is 11.5 Å². The van der Waals surface area contributed by atoms with Crippen LogP contribution in [0.3, 0.4) is 0 Å². The number of ether oxygens (including phenoxy) is 1. The summed E-state index contributed by atoms with van der Waals surface area (Å²) < 4.78 is 28.8. The first-order valence-corrected chi connectivity index (χ1v) is 7.76. The Hall–Kier alpha value is -2.41. The molecule has 0 aliphatic carbocycles. The molecule has 0 aliphatic rings. The first-order valence-electron chi connectivity index (χ1n) is 6.11. The molecule has 110 valence electrons. The van der Waals surface area contributed by atoms with Gasteiger partial charge in [0.05, 0.1) is 22.4 Å². The highest BCUT2D eigenvalue weighted by Crippen LogP contribution is 2.23. The molecule has 0 fully saturated rings. The van der Waals surface area contributed by atoms with E-state index in [9.17, 15) is 13.2 Å². The number of nitrogens with zero attached hydrogens (tertiary/aromatic N) is 1. The molecule has 0 bridgehead atoms. The molecule has 1 heterocycles. The van der Waals surface area contributed by atoms with Gasteiger partial charge in [-0.3, -0.25) is 4.98 Å². The van der Waals surface area contributed by atoms with Gasteiger partial charge in [-0.05, 0) is 30.3 Å². The molecule has 1 aromatic carbocycles. The van der Waals surface area contributed by atoms with Crippen LogP contribution < -0.4 is 4.74 Å². The third-order valence-electron chi connectivity index (χ3n) is 2.76. The van der Waals surface area contributed by atoms with E-state index in [1.165, 1.54) is 42.7 Å². The zero-order valence-electron chi connectivity index (χ0n) is 11.2. The maximum atomic E-state index is 11.7. The summed E-state index contributed by atoms with van der Waals surface area (Å²) in [5, 5.41) is 8.87. The molecule has 0 radical (unpaired) electrons. The number of hydrogen-bond donors (Lipinski definition) is 1. The number of benzene rings is 1. The Morgan fingerprint density at radius 2 is 1.86 bits per heavy atom. The molecule has 0 saturated carbocycles. The smallest absolute Gasteiger partial charge is 0.337 e. The standard InChI is InChI=1S/C14H13NO5S/c1-2-21(18,19)13-5-3-11(4-6-13)20-12-7-10(14(16)17)8-15-9-12/h3-9H,2H2,1H3,(H,16,17). The summed E-state index contributed by atoms with van der Waals surface area (Å²) in [4.78, 5) is 14.8. The molecule has 2 aromatic rings. The van der Waals surface area contributed by atoms with Crippen molar-refractivity contribution in [3.05, 3.63) is 48.3 Å². The lowest BCUT2D eigenvalue weighted by molar-refractivity contribution is 0.0696. The summed E-state index contributed by atoms with van der Waals surface area (Å²) in [5.41, 5.74) is 0.0117. The number of carboxylic acids is 1. The topological polar surface area (TPSA) is 93.6 Å². The van der Waals surface area contributed by atoms with Gasteiger partial charge in [0.15, 0.2) is 9.84 Å². The Kier molecular flexibility index (Phi) is 4.23. The van der Waals surface area contributed by atoms with E-state index in [-0.39, 0.29) is 22.0 Å². The van der Waals surface area contributed by atoms with Crippen LogP contribution in [0, 0.1) is 0 Å².